The van der Waals surface area contributed by atoms with Crippen molar-refractivity contribution in [2.75, 3.05) is 10.5 Å². The van der Waals surface area contributed by atoms with Gasteiger partial charge in [-0.15, -0.1) is 0 Å². The smallest absolute Gasteiger partial charge is 0.232 e. The van der Waals surface area contributed by atoms with E-state index in [0.29, 0.717) is 18.0 Å². The lowest BCUT2D eigenvalue weighted by Crippen LogP contribution is -1.92. The molecule has 0 saturated heterocycles. The Balaban J connectivity index is 2.24. The summed E-state index contributed by atoms with van der Waals surface area (Å²) < 4.78 is 14.3. The quantitative estimate of drug-likeness (QED) is 0.575. The Labute approximate surface area is 74.2 Å². The van der Waals surface area contributed by atoms with Crippen LogP contribution in [0.25, 0.3) is 0 Å². The van der Waals surface area contributed by atoms with Gasteiger partial charge in [-0.1, -0.05) is 0 Å². The minimum Gasteiger partial charge on any atom is -0.298 e. The fourth-order valence-electron chi connectivity index (χ4n) is 0.542. The number of anilines is 1. The van der Waals surface area contributed by atoms with Gasteiger partial charge in [0, 0.05) is 18.1 Å². The molecule has 0 spiro atoms. The van der Waals surface area contributed by atoms with Gasteiger partial charge in [-0.2, -0.15) is 0 Å². The highest BCUT2D eigenvalue weighted by Crippen LogP contribution is 2.04. The molecular weight excluding hydrogens is 177 g/mol. The SMILES string of the molecule is FC=CCSNc1ncccn1. The van der Waals surface area contributed by atoms with Gasteiger partial charge in [-0.3, -0.25) is 4.72 Å². The van der Waals surface area contributed by atoms with E-state index >= 15 is 0 Å². The Kier molecular flexibility index (Phi) is 4.15. The predicted molar refractivity (Wildman–Crippen MR) is 48.4 cm³/mol. The van der Waals surface area contributed by atoms with Gasteiger partial charge in [0.15, 0.2) is 0 Å². The molecule has 1 rings (SSSR count). The molecule has 0 atom stereocenters. The van der Waals surface area contributed by atoms with E-state index in [4.69, 9.17) is 0 Å². The molecule has 0 radical (unpaired) electrons. The molecule has 0 fully saturated rings. The summed E-state index contributed by atoms with van der Waals surface area (Å²) in [5, 5.41) is 0. The van der Waals surface area contributed by atoms with Crippen LogP contribution in [0.15, 0.2) is 30.9 Å². The molecule has 0 aliphatic carbocycles. The number of rotatable bonds is 4. The van der Waals surface area contributed by atoms with Crippen molar-refractivity contribution in [3.63, 3.8) is 0 Å². The topological polar surface area (TPSA) is 37.8 Å². The van der Waals surface area contributed by atoms with Crippen molar-refractivity contribution in [1.82, 2.24) is 9.97 Å². The van der Waals surface area contributed by atoms with Gasteiger partial charge >= 0.3 is 0 Å². The van der Waals surface area contributed by atoms with Crippen LogP contribution in [0.1, 0.15) is 0 Å². The molecule has 1 aromatic rings. The van der Waals surface area contributed by atoms with E-state index < -0.39 is 0 Å². The lowest BCUT2D eigenvalue weighted by atomic mass is 10.7. The molecule has 0 amide bonds. The Hall–Kier alpha value is -1.10. The van der Waals surface area contributed by atoms with Gasteiger partial charge in [0.05, 0.1) is 6.33 Å². The minimum absolute atomic E-state index is 0.514. The molecule has 64 valence electrons. The van der Waals surface area contributed by atoms with Crippen LogP contribution in [-0.4, -0.2) is 15.7 Å². The first-order valence-electron chi connectivity index (χ1n) is 3.33. The lowest BCUT2D eigenvalue weighted by Gasteiger charge is -1.98. The number of hydrogen-bond acceptors (Lipinski definition) is 4. The normalized spacial score (nSPS) is 10.4. The van der Waals surface area contributed by atoms with Crippen LogP contribution in [-0.2, 0) is 0 Å². The zero-order valence-corrected chi connectivity index (χ0v) is 7.09. The summed E-state index contributed by atoms with van der Waals surface area (Å²) in [5.41, 5.74) is 0. The molecule has 0 aliphatic heterocycles. The van der Waals surface area contributed by atoms with Crippen molar-refractivity contribution in [3.05, 3.63) is 30.9 Å². The third-order valence-corrected chi connectivity index (χ3v) is 1.68. The third kappa shape index (κ3) is 3.34. The summed E-state index contributed by atoms with van der Waals surface area (Å²) >= 11 is 1.33. The van der Waals surface area contributed by atoms with Crippen LogP contribution >= 0.6 is 11.9 Å². The first kappa shape index (κ1) is 8.99. The van der Waals surface area contributed by atoms with Gasteiger partial charge in [-0.05, 0) is 24.1 Å². The van der Waals surface area contributed by atoms with Crippen LogP contribution in [0, 0.1) is 0 Å². The van der Waals surface area contributed by atoms with E-state index in [1.165, 1.54) is 18.0 Å². The van der Waals surface area contributed by atoms with Crippen LogP contribution in [0.3, 0.4) is 0 Å². The second-order valence-electron chi connectivity index (χ2n) is 1.85. The average molecular weight is 185 g/mol. The van der Waals surface area contributed by atoms with Gasteiger partial charge in [0.1, 0.15) is 0 Å². The number of halogens is 1. The molecule has 0 saturated carbocycles. The first-order valence-corrected chi connectivity index (χ1v) is 4.32. The van der Waals surface area contributed by atoms with Crippen molar-refractivity contribution in [1.29, 1.82) is 0 Å². The summed E-state index contributed by atoms with van der Waals surface area (Å²) in [5.74, 6) is 1.09. The van der Waals surface area contributed by atoms with Crippen LogP contribution in [0.5, 0.6) is 0 Å². The monoisotopic (exact) mass is 185 g/mol. The Morgan fingerprint density at radius 2 is 2.25 bits per heavy atom. The maximum Gasteiger partial charge on any atom is 0.232 e. The third-order valence-electron chi connectivity index (χ3n) is 0.998. The Morgan fingerprint density at radius 3 is 2.92 bits per heavy atom. The fraction of sp³-hybridized carbons (Fsp3) is 0.143. The van der Waals surface area contributed by atoms with Gasteiger partial charge in [0.2, 0.25) is 5.95 Å². The highest BCUT2D eigenvalue weighted by Gasteiger charge is 1.89. The molecule has 1 heterocycles. The first-order chi connectivity index (χ1) is 5.93. The van der Waals surface area contributed by atoms with Crippen LogP contribution in [0.4, 0.5) is 10.3 Å². The molecule has 0 bridgehead atoms. The predicted octanol–water partition coefficient (Wildman–Crippen LogP) is 2.02. The number of aromatic nitrogens is 2. The molecule has 1 N–H and O–H groups in total. The maximum atomic E-state index is 11.5. The van der Waals surface area contributed by atoms with Gasteiger partial charge < -0.3 is 0 Å². The van der Waals surface area contributed by atoms with E-state index in [9.17, 15) is 4.39 Å². The zero-order valence-electron chi connectivity index (χ0n) is 6.27. The highest BCUT2D eigenvalue weighted by atomic mass is 32.2. The molecule has 0 aliphatic rings. The van der Waals surface area contributed by atoms with E-state index in [1.807, 2.05) is 0 Å². The molecule has 5 heteroatoms. The number of nitrogens with one attached hydrogen (secondary N) is 1. The van der Waals surface area contributed by atoms with Crippen molar-refractivity contribution in [3.8, 4) is 0 Å². The van der Waals surface area contributed by atoms with Crippen LogP contribution < -0.4 is 4.72 Å². The molecule has 12 heavy (non-hydrogen) atoms. The van der Waals surface area contributed by atoms with E-state index in [0.717, 1.165) is 0 Å². The van der Waals surface area contributed by atoms with Crippen molar-refractivity contribution in [2.24, 2.45) is 0 Å². The lowest BCUT2D eigenvalue weighted by molar-refractivity contribution is 0.719. The second kappa shape index (κ2) is 5.54. The zero-order chi connectivity index (χ0) is 8.65. The van der Waals surface area contributed by atoms with Crippen LogP contribution in [0.2, 0.25) is 0 Å². The summed E-state index contributed by atoms with van der Waals surface area (Å²) in [4.78, 5) is 7.83. The molecule has 3 nitrogen and oxygen atoms in total. The standard InChI is InChI=1S/C7H8FN3S/c8-3-1-6-12-11-7-9-4-2-5-10-7/h1-5H,6H2,(H,9,10,11). The fourth-order valence-corrected chi connectivity index (χ4v) is 1.03. The summed E-state index contributed by atoms with van der Waals surface area (Å²) in [6, 6.07) is 1.73. The number of nitrogens with zero attached hydrogens (tertiary/aromatic N) is 2. The summed E-state index contributed by atoms with van der Waals surface area (Å²) in [7, 11) is 0. The molecule has 0 aromatic carbocycles. The largest absolute Gasteiger partial charge is 0.298 e. The maximum absolute atomic E-state index is 11.5. The Morgan fingerprint density at radius 1 is 1.50 bits per heavy atom. The Bertz CT molecular complexity index is 240. The van der Waals surface area contributed by atoms with E-state index in [-0.39, 0.29) is 0 Å². The second-order valence-corrected chi connectivity index (χ2v) is 2.67. The van der Waals surface area contributed by atoms with Crippen molar-refractivity contribution in [2.45, 2.75) is 0 Å². The summed E-state index contributed by atoms with van der Waals surface area (Å²) in [6.45, 7) is 0. The minimum atomic E-state index is 0.514. The van der Waals surface area contributed by atoms with E-state index in [1.54, 1.807) is 18.5 Å². The van der Waals surface area contributed by atoms with Gasteiger partial charge in [0.25, 0.3) is 0 Å². The summed E-state index contributed by atoms with van der Waals surface area (Å²) in [6.07, 6.45) is 5.20. The average Bonchev–Trinajstić information content (AvgIpc) is 2.14. The number of hydrogen-bond donors (Lipinski definition) is 1. The molecule has 1 aromatic heterocycles. The van der Waals surface area contributed by atoms with Crippen molar-refractivity contribution >= 4 is 17.9 Å². The molecular formula is C7H8FN3S. The van der Waals surface area contributed by atoms with Gasteiger partial charge in [-0.25, -0.2) is 14.4 Å². The highest BCUT2D eigenvalue weighted by molar-refractivity contribution is 8.00. The van der Waals surface area contributed by atoms with Crippen molar-refractivity contribution < 1.29 is 4.39 Å². The van der Waals surface area contributed by atoms with E-state index in [2.05, 4.69) is 14.7 Å². The molecule has 0 unspecified atom stereocenters.